The summed E-state index contributed by atoms with van der Waals surface area (Å²) in [6.45, 7) is 2.13. The van der Waals surface area contributed by atoms with Crippen molar-refractivity contribution in [2.75, 3.05) is 12.0 Å². The van der Waals surface area contributed by atoms with Gasteiger partial charge >= 0.3 is 0 Å². The van der Waals surface area contributed by atoms with E-state index in [4.69, 9.17) is 5.73 Å². The fraction of sp³-hybridized carbons (Fsp3) is 1.00. The second-order valence-corrected chi connectivity index (χ2v) is 2.94. The molecule has 0 fully saturated rings. The Balaban J connectivity index is 2.86. The van der Waals surface area contributed by atoms with Crippen molar-refractivity contribution in [3.63, 3.8) is 0 Å². The van der Waals surface area contributed by atoms with Gasteiger partial charge < -0.3 is 5.73 Å². The average molecular weight is 133 g/mol. The lowest BCUT2D eigenvalue weighted by Crippen LogP contribution is -2.18. The minimum atomic E-state index is 0.433. The lowest BCUT2D eigenvalue weighted by atomic mass is 10.2. The van der Waals surface area contributed by atoms with Crippen LogP contribution in [-0.4, -0.2) is 18.1 Å². The molecule has 0 aromatic rings. The molecule has 0 rings (SSSR count). The van der Waals surface area contributed by atoms with Gasteiger partial charge in [0, 0.05) is 6.04 Å². The maximum absolute atomic E-state index is 5.65. The predicted molar refractivity (Wildman–Crippen MR) is 41.3 cm³/mol. The monoisotopic (exact) mass is 133 g/mol. The van der Waals surface area contributed by atoms with E-state index in [1.54, 1.807) is 0 Å². The van der Waals surface area contributed by atoms with Gasteiger partial charge in [0.2, 0.25) is 0 Å². The fourth-order valence-electron chi connectivity index (χ4n) is 0.473. The van der Waals surface area contributed by atoms with E-state index in [2.05, 4.69) is 13.2 Å². The molecule has 0 aliphatic carbocycles. The summed E-state index contributed by atoms with van der Waals surface area (Å²) in [6, 6.07) is 0.433. The van der Waals surface area contributed by atoms with Crippen LogP contribution >= 0.6 is 11.8 Å². The SMILES string of the molecule is CCC(N)CCSC. The second kappa shape index (κ2) is 5.45. The molecular weight excluding hydrogens is 118 g/mol. The van der Waals surface area contributed by atoms with Crippen LogP contribution in [0.15, 0.2) is 0 Å². The molecule has 2 heteroatoms. The van der Waals surface area contributed by atoms with E-state index in [9.17, 15) is 0 Å². The maximum Gasteiger partial charge on any atom is 0.00440 e. The number of rotatable bonds is 4. The Morgan fingerprint density at radius 1 is 1.62 bits per heavy atom. The van der Waals surface area contributed by atoms with E-state index >= 15 is 0 Å². The molecule has 0 heterocycles. The van der Waals surface area contributed by atoms with Crippen LogP contribution in [0, 0.1) is 0 Å². The summed E-state index contributed by atoms with van der Waals surface area (Å²) in [4.78, 5) is 0. The number of hydrogen-bond donors (Lipinski definition) is 1. The van der Waals surface area contributed by atoms with Crippen molar-refractivity contribution < 1.29 is 0 Å². The summed E-state index contributed by atoms with van der Waals surface area (Å²) >= 11 is 1.87. The highest BCUT2D eigenvalue weighted by molar-refractivity contribution is 7.98. The van der Waals surface area contributed by atoms with Crippen LogP contribution in [0.2, 0.25) is 0 Å². The van der Waals surface area contributed by atoms with Gasteiger partial charge in [-0.2, -0.15) is 11.8 Å². The fourth-order valence-corrected chi connectivity index (χ4v) is 1.01. The van der Waals surface area contributed by atoms with Crippen molar-refractivity contribution in [1.29, 1.82) is 0 Å². The maximum atomic E-state index is 5.65. The minimum absolute atomic E-state index is 0.433. The molecule has 50 valence electrons. The molecule has 0 radical (unpaired) electrons. The zero-order valence-corrected chi connectivity index (χ0v) is 6.50. The van der Waals surface area contributed by atoms with E-state index in [0.717, 1.165) is 12.8 Å². The topological polar surface area (TPSA) is 26.0 Å². The van der Waals surface area contributed by atoms with Crippen LogP contribution in [0.25, 0.3) is 0 Å². The summed E-state index contributed by atoms with van der Waals surface area (Å²) in [5.74, 6) is 1.20. The number of hydrogen-bond acceptors (Lipinski definition) is 2. The molecule has 1 atom stereocenters. The highest BCUT2D eigenvalue weighted by Crippen LogP contribution is 2.00. The quantitative estimate of drug-likeness (QED) is 0.628. The average Bonchev–Trinajstić information content (AvgIpc) is 1.83. The number of nitrogens with two attached hydrogens (primary N) is 1. The highest BCUT2D eigenvalue weighted by Gasteiger charge is 1.95. The Morgan fingerprint density at radius 2 is 2.25 bits per heavy atom. The smallest absolute Gasteiger partial charge is 0.00440 e. The molecule has 0 aliphatic heterocycles. The van der Waals surface area contributed by atoms with E-state index in [0.29, 0.717) is 6.04 Å². The van der Waals surface area contributed by atoms with E-state index < -0.39 is 0 Å². The standard InChI is InChI=1S/C6H15NS/c1-3-6(7)4-5-8-2/h6H,3-5,7H2,1-2H3. The third-order valence-corrected chi connectivity index (χ3v) is 1.86. The summed E-state index contributed by atoms with van der Waals surface area (Å²) in [5, 5.41) is 0. The van der Waals surface area contributed by atoms with Crippen LogP contribution in [0.3, 0.4) is 0 Å². The third-order valence-electron chi connectivity index (χ3n) is 1.22. The van der Waals surface area contributed by atoms with Crippen molar-refractivity contribution in [3.05, 3.63) is 0 Å². The Morgan fingerprint density at radius 3 is 2.62 bits per heavy atom. The zero-order valence-electron chi connectivity index (χ0n) is 5.68. The Kier molecular flexibility index (Phi) is 5.66. The van der Waals surface area contributed by atoms with E-state index in [1.807, 2.05) is 11.8 Å². The summed E-state index contributed by atoms with van der Waals surface area (Å²) in [5.41, 5.74) is 5.65. The summed E-state index contributed by atoms with van der Waals surface area (Å²) in [7, 11) is 0. The van der Waals surface area contributed by atoms with Crippen LogP contribution in [-0.2, 0) is 0 Å². The molecule has 8 heavy (non-hydrogen) atoms. The second-order valence-electron chi connectivity index (χ2n) is 1.95. The first-order chi connectivity index (χ1) is 3.81. The van der Waals surface area contributed by atoms with Gasteiger partial charge in [-0.1, -0.05) is 6.92 Å². The molecule has 2 N–H and O–H groups in total. The minimum Gasteiger partial charge on any atom is -0.328 e. The lowest BCUT2D eigenvalue weighted by Gasteiger charge is -2.04. The first-order valence-electron chi connectivity index (χ1n) is 3.05. The predicted octanol–water partition coefficient (Wildman–Crippen LogP) is 1.48. The first kappa shape index (κ1) is 8.31. The van der Waals surface area contributed by atoms with Crippen LogP contribution in [0.4, 0.5) is 0 Å². The van der Waals surface area contributed by atoms with Crippen molar-refractivity contribution in [1.82, 2.24) is 0 Å². The largest absolute Gasteiger partial charge is 0.328 e. The molecule has 1 nitrogen and oxygen atoms in total. The molecule has 0 spiro atoms. The Bertz CT molecular complexity index is 47.8. The summed E-state index contributed by atoms with van der Waals surface area (Å²) in [6.07, 6.45) is 4.39. The third kappa shape index (κ3) is 4.47. The molecule has 0 saturated carbocycles. The van der Waals surface area contributed by atoms with Crippen molar-refractivity contribution in [2.45, 2.75) is 25.8 Å². The van der Waals surface area contributed by atoms with Gasteiger partial charge in [0.05, 0.1) is 0 Å². The van der Waals surface area contributed by atoms with Gasteiger partial charge in [-0.25, -0.2) is 0 Å². The summed E-state index contributed by atoms with van der Waals surface area (Å²) < 4.78 is 0. The number of thioether (sulfide) groups is 1. The van der Waals surface area contributed by atoms with Gasteiger partial charge in [0.1, 0.15) is 0 Å². The van der Waals surface area contributed by atoms with E-state index in [1.165, 1.54) is 5.75 Å². The van der Waals surface area contributed by atoms with Crippen molar-refractivity contribution >= 4 is 11.8 Å². The molecule has 1 unspecified atom stereocenters. The highest BCUT2D eigenvalue weighted by atomic mass is 32.2. The Hall–Kier alpha value is 0.310. The van der Waals surface area contributed by atoms with Gasteiger partial charge in [0.25, 0.3) is 0 Å². The van der Waals surface area contributed by atoms with Crippen LogP contribution in [0.1, 0.15) is 19.8 Å². The van der Waals surface area contributed by atoms with Gasteiger partial charge in [-0.3, -0.25) is 0 Å². The van der Waals surface area contributed by atoms with Crippen LogP contribution in [0.5, 0.6) is 0 Å². The molecule has 0 amide bonds. The molecule has 0 saturated heterocycles. The zero-order chi connectivity index (χ0) is 6.41. The molecule has 0 aliphatic rings. The Labute approximate surface area is 56.0 Å². The first-order valence-corrected chi connectivity index (χ1v) is 4.45. The molecule has 0 bridgehead atoms. The van der Waals surface area contributed by atoms with Gasteiger partial charge in [-0.15, -0.1) is 0 Å². The van der Waals surface area contributed by atoms with E-state index in [-0.39, 0.29) is 0 Å². The van der Waals surface area contributed by atoms with Crippen molar-refractivity contribution in [2.24, 2.45) is 5.73 Å². The van der Waals surface area contributed by atoms with Crippen molar-refractivity contribution in [3.8, 4) is 0 Å². The molecular formula is C6H15NS. The van der Waals surface area contributed by atoms with Gasteiger partial charge in [-0.05, 0) is 24.9 Å². The lowest BCUT2D eigenvalue weighted by molar-refractivity contribution is 0.634. The molecule has 0 aromatic carbocycles. The molecule has 0 aromatic heterocycles. The van der Waals surface area contributed by atoms with Gasteiger partial charge in [0.15, 0.2) is 0 Å². The normalized spacial score (nSPS) is 13.9. The van der Waals surface area contributed by atoms with Crippen LogP contribution < -0.4 is 5.73 Å².